The molecule has 0 spiro atoms. The van der Waals surface area contributed by atoms with Crippen LogP contribution in [0.1, 0.15) is 17.0 Å². The van der Waals surface area contributed by atoms with Crippen LogP contribution < -0.4 is 10.5 Å². The summed E-state index contributed by atoms with van der Waals surface area (Å²) in [6.45, 7) is 3.68. The van der Waals surface area contributed by atoms with Crippen LogP contribution in [0.5, 0.6) is 11.8 Å². The molecule has 3 N–H and O–H groups in total. The molecule has 0 fully saturated rings. The van der Waals surface area contributed by atoms with Crippen molar-refractivity contribution < 1.29 is 4.74 Å². The molecule has 2 rings (SSSR count). The maximum Gasteiger partial charge on any atom is 0.322 e. The van der Waals surface area contributed by atoms with Gasteiger partial charge in [-0.1, -0.05) is 17.7 Å². The average Bonchev–Trinajstić information content (AvgIpc) is 2.33. The van der Waals surface area contributed by atoms with Crippen LogP contribution in [-0.4, -0.2) is 15.8 Å². The van der Waals surface area contributed by atoms with Crippen LogP contribution in [0, 0.1) is 19.3 Å². The third-order valence-corrected chi connectivity index (χ3v) is 2.70. The van der Waals surface area contributed by atoms with Crippen LogP contribution in [0.4, 0.5) is 0 Å². The molecule has 2 aromatic rings. The highest BCUT2D eigenvalue weighted by Crippen LogP contribution is 2.26. The van der Waals surface area contributed by atoms with Crippen molar-refractivity contribution in [2.24, 2.45) is 5.73 Å². The molecule has 0 bridgehead atoms. The Morgan fingerprint density at radius 2 is 2.00 bits per heavy atom. The molecular formula is C13H13ClN4O. The molecule has 1 aromatic heterocycles. The fraction of sp³-hybridized carbons (Fsp3) is 0.154. The number of halogens is 1. The fourth-order valence-electron chi connectivity index (χ4n) is 1.51. The normalized spacial score (nSPS) is 10.3. The summed E-state index contributed by atoms with van der Waals surface area (Å²) in [5.41, 5.74) is 7.34. The number of hydrogen-bond donors (Lipinski definition) is 2. The second-order valence-corrected chi connectivity index (χ2v) is 4.54. The molecule has 0 aliphatic carbocycles. The maximum absolute atomic E-state index is 7.40. The molecular weight excluding hydrogens is 264 g/mol. The molecule has 5 nitrogen and oxygen atoms in total. The Morgan fingerprint density at radius 1 is 1.26 bits per heavy atom. The first-order valence-electron chi connectivity index (χ1n) is 5.60. The highest BCUT2D eigenvalue weighted by Gasteiger charge is 2.08. The lowest BCUT2D eigenvalue weighted by Crippen LogP contribution is -2.14. The maximum atomic E-state index is 7.40. The molecule has 0 amide bonds. The highest BCUT2D eigenvalue weighted by molar-refractivity contribution is 6.30. The zero-order valence-electron chi connectivity index (χ0n) is 10.6. The number of nitrogens with two attached hydrogens (primary N) is 1. The number of benzene rings is 1. The highest BCUT2D eigenvalue weighted by atomic mass is 35.5. The SMILES string of the molecule is Cc1cc(C(=N)N)nc(Oc2cc(Cl)ccc2C)n1. The summed E-state index contributed by atoms with van der Waals surface area (Å²) in [7, 11) is 0. The number of nitrogen functional groups attached to an aromatic ring is 1. The predicted octanol–water partition coefficient (Wildman–Crippen LogP) is 2.82. The minimum absolute atomic E-state index is 0.127. The van der Waals surface area contributed by atoms with E-state index >= 15 is 0 Å². The second kappa shape index (κ2) is 5.24. The zero-order chi connectivity index (χ0) is 14.0. The molecule has 1 aromatic carbocycles. The van der Waals surface area contributed by atoms with Gasteiger partial charge in [-0.3, -0.25) is 5.41 Å². The smallest absolute Gasteiger partial charge is 0.322 e. The minimum Gasteiger partial charge on any atom is -0.424 e. The van der Waals surface area contributed by atoms with Crippen molar-refractivity contribution in [2.75, 3.05) is 0 Å². The van der Waals surface area contributed by atoms with Gasteiger partial charge in [0.25, 0.3) is 0 Å². The van der Waals surface area contributed by atoms with Crippen molar-refractivity contribution in [3.05, 3.63) is 46.2 Å². The van der Waals surface area contributed by atoms with E-state index in [2.05, 4.69) is 9.97 Å². The molecule has 0 radical (unpaired) electrons. The van der Waals surface area contributed by atoms with Gasteiger partial charge >= 0.3 is 6.01 Å². The van der Waals surface area contributed by atoms with Crippen LogP contribution in [0.25, 0.3) is 0 Å². The van der Waals surface area contributed by atoms with E-state index in [-0.39, 0.29) is 11.8 Å². The number of nitrogens with one attached hydrogen (secondary N) is 1. The van der Waals surface area contributed by atoms with Gasteiger partial charge in [0.05, 0.1) is 0 Å². The summed E-state index contributed by atoms with van der Waals surface area (Å²) >= 11 is 5.92. The predicted molar refractivity (Wildman–Crippen MR) is 74.0 cm³/mol. The number of amidine groups is 1. The summed E-state index contributed by atoms with van der Waals surface area (Å²) < 4.78 is 5.60. The number of aromatic nitrogens is 2. The Morgan fingerprint density at radius 3 is 2.68 bits per heavy atom. The standard InChI is InChI=1S/C13H13ClN4O/c1-7-3-4-9(14)6-11(7)19-13-17-8(2)5-10(18-13)12(15)16/h3-6H,1-2H3,(H3,15,16). The Kier molecular flexibility index (Phi) is 3.66. The van der Waals surface area contributed by atoms with Crippen LogP contribution in [0.15, 0.2) is 24.3 Å². The minimum atomic E-state index is -0.127. The first kappa shape index (κ1) is 13.3. The number of ether oxygens (including phenoxy) is 1. The van der Waals surface area contributed by atoms with E-state index in [1.165, 1.54) is 0 Å². The number of aryl methyl sites for hydroxylation is 2. The molecule has 6 heteroatoms. The van der Waals surface area contributed by atoms with E-state index in [1.807, 2.05) is 13.0 Å². The Balaban J connectivity index is 2.38. The molecule has 0 aliphatic heterocycles. The van der Waals surface area contributed by atoms with Crippen LogP contribution in [-0.2, 0) is 0 Å². The van der Waals surface area contributed by atoms with Gasteiger partial charge in [0.1, 0.15) is 17.3 Å². The monoisotopic (exact) mass is 276 g/mol. The lowest BCUT2D eigenvalue weighted by atomic mass is 10.2. The van der Waals surface area contributed by atoms with Crippen LogP contribution >= 0.6 is 11.6 Å². The summed E-state index contributed by atoms with van der Waals surface area (Å²) in [5.74, 6) is 0.450. The largest absolute Gasteiger partial charge is 0.424 e. The topological polar surface area (TPSA) is 84.9 Å². The number of nitrogens with zero attached hydrogens (tertiary/aromatic N) is 2. The third-order valence-electron chi connectivity index (χ3n) is 2.46. The van der Waals surface area contributed by atoms with Gasteiger partial charge in [0.2, 0.25) is 0 Å². The molecule has 1 heterocycles. The van der Waals surface area contributed by atoms with E-state index < -0.39 is 0 Å². The van der Waals surface area contributed by atoms with Crippen molar-refractivity contribution in [1.29, 1.82) is 5.41 Å². The van der Waals surface area contributed by atoms with Gasteiger partial charge in [-0.2, -0.15) is 4.98 Å². The van der Waals surface area contributed by atoms with Crippen molar-refractivity contribution in [2.45, 2.75) is 13.8 Å². The van der Waals surface area contributed by atoms with Crippen molar-refractivity contribution in [3.8, 4) is 11.8 Å². The van der Waals surface area contributed by atoms with Crippen molar-refractivity contribution in [1.82, 2.24) is 9.97 Å². The van der Waals surface area contributed by atoms with E-state index in [9.17, 15) is 0 Å². The summed E-state index contributed by atoms with van der Waals surface area (Å²) in [4.78, 5) is 8.23. The Labute approximate surface area is 115 Å². The number of rotatable bonds is 3. The van der Waals surface area contributed by atoms with Gasteiger partial charge in [-0.15, -0.1) is 0 Å². The zero-order valence-corrected chi connectivity index (χ0v) is 11.3. The lowest BCUT2D eigenvalue weighted by Gasteiger charge is -2.09. The average molecular weight is 277 g/mol. The van der Waals surface area contributed by atoms with E-state index in [0.29, 0.717) is 22.2 Å². The lowest BCUT2D eigenvalue weighted by molar-refractivity contribution is 0.437. The molecule has 0 atom stereocenters. The van der Waals surface area contributed by atoms with Crippen molar-refractivity contribution in [3.63, 3.8) is 0 Å². The molecule has 98 valence electrons. The van der Waals surface area contributed by atoms with Gasteiger partial charge in [0, 0.05) is 10.7 Å². The van der Waals surface area contributed by atoms with Gasteiger partial charge in [-0.25, -0.2) is 4.98 Å². The van der Waals surface area contributed by atoms with Crippen LogP contribution in [0.3, 0.4) is 0 Å². The molecule has 0 unspecified atom stereocenters. The Bertz CT molecular complexity index is 643. The molecule has 0 saturated carbocycles. The third kappa shape index (κ3) is 3.20. The molecule has 0 saturated heterocycles. The number of hydrogen-bond acceptors (Lipinski definition) is 4. The van der Waals surface area contributed by atoms with E-state index in [1.54, 1.807) is 25.1 Å². The summed E-state index contributed by atoms with van der Waals surface area (Å²) in [5, 5.41) is 7.97. The summed E-state index contributed by atoms with van der Waals surface area (Å²) in [6, 6.07) is 7.09. The molecule has 19 heavy (non-hydrogen) atoms. The second-order valence-electron chi connectivity index (χ2n) is 4.10. The van der Waals surface area contributed by atoms with E-state index in [0.717, 1.165) is 5.56 Å². The van der Waals surface area contributed by atoms with Crippen LogP contribution in [0.2, 0.25) is 5.02 Å². The fourth-order valence-corrected chi connectivity index (χ4v) is 1.67. The first-order chi connectivity index (χ1) is 8.95. The quantitative estimate of drug-likeness (QED) is 0.667. The Hall–Kier alpha value is -2.14. The summed E-state index contributed by atoms with van der Waals surface area (Å²) in [6.07, 6.45) is 0. The van der Waals surface area contributed by atoms with Crippen molar-refractivity contribution >= 4 is 17.4 Å². The van der Waals surface area contributed by atoms with Gasteiger partial charge in [0.15, 0.2) is 0 Å². The first-order valence-corrected chi connectivity index (χ1v) is 5.97. The van der Waals surface area contributed by atoms with Gasteiger partial charge in [-0.05, 0) is 37.6 Å². The molecule has 0 aliphatic rings. The van der Waals surface area contributed by atoms with E-state index in [4.69, 9.17) is 27.5 Å². The van der Waals surface area contributed by atoms with Gasteiger partial charge < -0.3 is 10.5 Å².